The average Bonchev–Trinajstić information content (AvgIpc) is 2.58. The number of hydrogen-bond donors (Lipinski definition) is 6. The standard InChI is InChI=1S/2C5H10N2O3.C5H8O2/c2*6-3(5(9)10)1-2-4(7)8;6-4-2-1-3-5-7/h2*3H,1-2,6H2,(H2,7,8)(H,9,10);4-5H,1-3H2/t2*3-;/m00./s1. The lowest BCUT2D eigenvalue weighted by Crippen LogP contribution is -2.31. The summed E-state index contributed by atoms with van der Waals surface area (Å²) in [5.74, 6) is -3.28. The molecule has 0 aliphatic rings. The highest BCUT2D eigenvalue weighted by Crippen LogP contribution is 1.93. The van der Waals surface area contributed by atoms with Crippen LogP contribution in [-0.2, 0) is 28.8 Å². The Bertz CT molecular complexity index is 442. The number of aldehydes is 2. The van der Waals surface area contributed by atoms with Crippen molar-refractivity contribution in [2.24, 2.45) is 22.9 Å². The highest BCUT2D eigenvalue weighted by molar-refractivity contribution is 5.77. The summed E-state index contributed by atoms with van der Waals surface area (Å²) in [6.45, 7) is 0. The lowest BCUT2D eigenvalue weighted by atomic mass is 10.2. The van der Waals surface area contributed by atoms with Crippen LogP contribution in [0.4, 0.5) is 0 Å². The van der Waals surface area contributed by atoms with Crippen molar-refractivity contribution in [1.29, 1.82) is 0 Å². The lowest BCUT2D eigenvalue weighted by molar-refractivity contribution is -0.139. The summed E-state index contributed by atoms with van der Waals surface area (Å²) < 4.78 is 0. The van der Waals surface area contributed by atoms with E-state index >= 15 is 0 Å². The molecule has 0 saturated heterocycles. The minimum atomic E-state index is -1.11. The molecular formula is C15H28N4O8. The number of carbonyl (C=O) groups excluding carboxylic acids is 4. The molecule has 0 aliphatic carbocycles. The SMILES string of the molecule is NC(=O)CC[C@H](N)C(=O)O.NC(=O)CC[C@H](N)C(=O)O.O=CCCCC=O. The van der Waals surface area contributed by atoms with Gasteiger partial charge in [-0.15, -0.1) is 0 Å². The average molecular weight is 392 g/mol. The summed E-state index contributed by atoms with van der Waals surface area (Å²) in [6.07, 6.45) is 3.62. The molecule has 0 rings (SSSR count). The molecule has 0 bridgehead atoms. The Morgan fingerprint density at radius 2 is 1.04 bits per heavy atom. The van der Waals surface area contributed by atoms with E-state index < -0.39 is 35.8 Å². The van der Waals surface area contributed by atoms with Crippen molar-refractivity contribution in [3.05, 3.63) is 0 Å². The van der Waals surface area contributed by atoms with E-state index in [1.165, 1.54) is 0 Å². The first-order valence-corrected chi connectivity index (χ1v) is 7.90. The van der Waals surface area contributed by atoms with Gasteiger partial charge in [0.2, 0.25) is 11.8 Å². The predicted molar refractivity (Wildman–Crippen MR) is 94.1 cm³/mol. The third-order valence-corrected chi connectivity index (χ3v) is 2.68. The van der Waals surface area contributed by atoms with Crippen molar-refractivity contribution in [2.45, 2.75) is 57.0 Å². The largest absolute Gasteiger partial charge is 0.480 e. The van der Waals surface area contributed by atoms with Gasteiger partial charge in [-0.25, -0.2) is 0 Å². The third kappa shape index (κ3) is 28.2. The Kier molecular flexibility index (Phi) is 20.9. The predicted octanol–water partition coefficient (Wildman–Crippen LogP) is -2.12. The van der Waals surface area contributed by atoms with Crippen molar-refractivity contribution in [3.8, 4) is 0 Å². The molecule has 0 heterocycles. The molecule has 0 aromatic rings. The van der Waals surface area contributed by atoms with Crippen LogP contribution >= 0.6 is 0 Å². The molecule has 2 amide bonds. The van der Waals surface area contributed by atoms with E-state index in [1.54, 1.807) is 0 Å². The van der Waals surface area contributed by atoms with Gasteiger partial charge in [0, 0.05) is 25.7 Å². The van der Waals surface area contributed by atoms with Crippen molar-refractivity contribution in [3.63, 3.8) is 0 Å². The number of carbonyl (C=O) groups is 6. The summed E-state index contributed by atoms with van der Waals surface area (Å²) in [6, 6.07) is -1.96. The van der Waals surface area contributed by atoms with Crippen molar-refractivity contribution in [1.82, 2.24) is 0 Å². The summed E-state index contributed by atoms with van der Waals surface area (Å²) in [5.41, 5.74) is 19.6. The fourth-order valence-corrected chi connectivity index (χ4v) is 1.13. The van der Waals surface area contributed by atoms with Gasteiger partial charge in [0.1, 0.15) is 24.7 Å². The fraction of sp³-hybridized carbons (Fsp3) is 0.600. The topological polar surface area (TPSA) is 247 Å². The molecule has 0 aromatic heterocycles. The number of aliphatic carboxylic acids is 2. The maximum atomic E-state index is 10.1. The number of carboxylic acids is 2. The number of rotatable bonds is 12. The quantitative estimate of drug-likeness (QED) is 0.155. The summed E-state index contributed by atoms with van der Waals surface area (Å²) in [5, 5.41) is 16.4. The van der Waals surface area contributed by atoms with Crippen LogP contribution in [0.3, 0.4) is 0 Å². The Balaban J connectivity index is -0.000000326. The van der Waals surface area contributed by atoms with E-state index in [9.17, 15) is 28.8 Å². The first-order valence-electron chi connectivity index (χ1n) is 7.90. The zero-order valence-electron chi connectivity index (χ0n) is 14.9. The zero-order chi connectivity index (χ0) is 21.8. The normalized spacial score (nSPS) is 11.3. The van der Waals surface area contributed by atoms with E-state index in [4.69, 9.17) is 33.1 Å². The smallest absolute Gasteiger partial charge is 0.320 e. The Morgan fingerprint density at radius 3 is 1.22 bits per heavy atom. The van der Waals surface area contributed by atoms with Crippen molar-refractivity contribution < 1.29 is 39.0 Å². The van der Waals surface area contributed by atoms with Crippen LogP contribution in [0.15, 0.2) is 0 Å². The highest BCUT2D eigenvalue weighted by atomic mass is 16.4. The number of amides is 2. The maximum absolute atomic E-state index is 10.1. The fourth-order valence-electron chi connectivity index (χ4n) is 1.13. The molecule has 12 heteroatoms. The van der Waals surface area contributed by atoms with Gasteiger partial charge in [-0.1, -0.05) is 0 Å². The van der Waals surface area contributed by atoms with Crippen LogP contribution < -0.4 is 22.9 Å². The summed E-state index contributed by atoms with van der Waals surface area (Å²) in [7, 11) is 0. The van der Waals surface area contributed by atoms with E-state index in [1.807, 2.05) is 0 Å². The van der Waals surface area contributed by atoms with Gasteiger partial charge in [0.05, 0.1) is 0 Å². The molecule has 0 radical (unpaired) electrons. The molecule has 0 aromatic carbocycles. The van der Waals surface area contributed by atoms with E-state index in [0.717, 1.165) is 12.6 Å². The van der Waals surface area contributed by atoms with Crippen LogP contribution in [0.1, 0.15) is 44.9 Å². The Morgan fingerprint density at radius 1 is 0.741 bits per heavy atom. The van der Waals surface area contributed by atoms with Gasteiger partial charge in [0.25, 0.3) is 0 Å². The molecule has 10 N–H and O–H groups in total. The zero-order valence-corrected chi connectivity index (χ0v) is 14.9. The van der Waals surface area contributed by atoms with Gasteiger partial charge in [-0.2, -0.15) is 0 Å². The second-order valence-electron chi connectivity index (χ2n) is 5.16. The molecule has 12 nitrogen and oxygen atoms in total. The number of unbranched alkanes of at least 4 members (excludes halogenated alkanes) is 2. The molecule has 156 valence electrons. The van der Waals surface area contributed by atoms with Crippen LogP contribution in [-0.4, -0.2) is 58.6 Å². The van der Waals surface area contributed by atoms with Gasteiger partial charge in [-0.3, -0.25) is 19.2 Å². The van der Waals surface area contributed by atoms with E-state index in [-0.39, 0.29) is 25.7 Å². The molecule has 2 atom stereocenters. The first-order chi connectivity index (χ1) is 12.5. The molecule has 0 saturated carbocycles. The molecule has 0 fully saturated rings. The number of carboxylic acid groups (broad SMARTS) is 2. The molecule has 0 unspecified atom stereocenters. The lowest BCUT2D eigenvalue weighted by Gasteiger charge is -2.01. The number of nitrogens with two attached hydrogens (primary N) is 4. The molecule has 0 spiro atoms. The van der Waals surface area contributed by atoms with Gasteiger partial charge >= 0.3 is 11.9 Å². The van der Waals surface area contributed by atoms with Crippen LogP contribution in [0.2, 0.25) is 0 Å². The summed E-state index contributed by atoms with van der Waals surface area (Å²) >= 11 is 0. The summed E-state index contributed by atoms with van der Waals surface area (Å²) in [4.78, 5) is 59.4. The van der Waals surface area contributed by atoms with Crippen molar-refractivity contribution in [2.75, 3.05) is 0 Å². The second kappa shape index (κ2) is 19.5. The van der Waals surface area contributed by atoms with Crippen molar-refractivity contribution >= 4 is 36.3 Å². The molecule has 0 aliphatic heterocycles. The third-order valence-electron chi connectivity index (χ3n) is 2.68. The number of hydrogen-bond acceptors (Lipinski definition) is 8. The van der Waals surface area contributed by atoms with Crippen LogP contribution in [0.25, 0.3) is 0 Å². The minimum absolute atomic E-state index is 0.0213. The van der Waals surface area contributed by atoms with E-state index in [2.05, 4.69) is 0 Å². The maximum Gasteiger partial charge on any atom is 0.320 e. The monoisotopic (exact) mass is 392 g/mol. The van der Waals surface area contributed by atoms with Crippen LogP contribution in [0.5, 0.6) is 0 Å². The van der Waals surface area contributed by atoms with E-state index in [0.29, 0.717) is 19.3 Å². The van der Waals surface area contributed by atoms with Gasteiger partial charge in [-0.05, 0) is 19.3 Å². The van der Waals surface area contributed by atoms with Gasteiger partial charge < -0.3 is 42.7 Å². The Hall–Kier alpha value is -2.86. The first kappa shape index (κ1) is 28.9. The van der Waals surface area contributed by atoms with Crippen LogP contribution in [0, 0.1) is 0 Å². The minimum Gasteiger partial charge on any atom is -0.480 e. The molecular weight excluding hydrogens is 364 g/mol. The molecule has 27 heavy (non-hydrogen) atoms. The second-order valence-corrected chi connectivity index (χ2v) is 5.16. The Labute approximate surface area is 156 Å². The highest BCUT2D eigenvalue weighted by Gasteiger charge is 2.12. The number of primary amides is 2. The van der Waals surface area contributed by atoms with Gasteiger partial charge in [0.15, 0.2) is 0 Å².